The van der Waals surface area contributed by atoms with Crippen LogP contribution in [0.4, 0.5) is 0 Å². The van der Waals surface area contributed by atoms with Gasteiger partial charge in [0.1, 0.15) is 0 Å². The minimum absolute atomic E-state index is 0.474. The fourth-order valence-corrected chi connectivity index (χ4v) is 3.02. The van der Waals surface area contributed by atoms with Crippen LogP contribution in [0.25, 0.3) is 0 Å². The molecule has 0 nitrogen and oxygen atoms in total. The van der Waals surface area contributed by atoms with Crippen LogP contribution in [0.15, 0.2) is 23.3 Å². The minimum atomic E-state index is 0.474. The molecule has 13 heavy (non-hydrogen) atoms. The van der Waals surface area contributed by atoms with E-state index in [0.717, 1.165) is 5.92 Å². The first-order valence-electron chi connectivity index (χ1n) is 5.68. The zero-order valence-corrected chi connectivity index (χ0v) is 9.06. The molecule has 0 heterocycles. The lowest BCUT2D eigenvalue weighted by atomic mass is 9.86. The second-order valence-electron chi connectivity index (χ2n) is 4.49. The molecule has 2 rings (SSSR count). The van der Waals surface area contributed by atoms with Crippen molar-refractivity contribution in [3.8, 4) is 0 Å². The monoisotopic (exact) mass is 176 g/mol. The van der Waals surface area contributed by atoms with Gasteiger partial charge < -0.3 is 0 Å². The van der Waals surface area contributed by atoms with E-state index in [4.69, 9.17) is 0 Å². The lowest BCUT2D eigenvalue weighted by molar-refractivity contribution is 0.462. The second kappa shape index (κ2) is 3.01. The Morgan fingerprint density at radius 2 is 1.69 bits per heavy atom. The van der Waals surface area contributed by atoms with Gasteiger partial charge in [0.15, 0.2) is 0 Å². The third-order valence-electron chi connectivity index (χ3n) is 3.90. The zero-order valence-electron chi connectivity index (χ0n) is 9.06. The summed E-state index contributed by atoms with van der Waals surface area (Å²) < 4.78 is 0. The van der Waals surface area contributed by atoms with Gasteiger partial charge in [0.2, 0.25) is 0 Å². The molecule has 0 aromatic carbocycles. The van der Waals surface area contributed by atoms with Gasteiger partial charge in [-0.05, 0) is 25.7 Å². The van der Waals surface area contributed by atoms with Gasteiger partial charge in [0.25, 0.3) is 0 Å². The highest BCUT2D eigenvalue weighted by molar-refractivity contribution is 5.40. The van der Waals surface area contributed by atoms with Crippen LogP contribution in [0.5, 0.6) is 0 Å². The van der Waals surface area contributed by atoms with Crippen LogP contribution in [0.2, 0.25) is 0 Å². The maximum atomic E-state index is 2.55. The summed E-state index contributed by atoms with van der Waals surface area (Å²) in [5.41, 5.74) is 3.89. The average molecular weight is 176 g/mol. The van der Waals surface area contributed by atoms with Crippen molar-refractivity contribution in [1.82, 2.24) is 0 Å². The van der Waals surface area contributed by atoms with Crippen LogP contribution in [0.3, 0.4) is 0 Å². The van der Waals surface area contributed by atoms with Crippen molar-refractivity contribution in [2.45, 2.75) is 46.5 Å². The number of hydrogen-bond donors (Lipinski definition) is 0. The van der Waals surface area contributed by atoms with Gasteiger partial charge in [-0.1, -0.05) is 44.1 Å². The molecule has 72 valence electrons. The van der Waals surface area contributed by atoms with Gasteiger partial charge >= 0.3 is 0 Å². The summed E-state index contributed by atoms with van der Waals surface area (Å²) in [6.45, 7) is 6.91. The van der Waals surface area contributed by atoms with E-state index >= 15 is 0 Å². The van der Waals surface area contributed by atoms with E-state index in [-0.39, 0.29) is 0 Å². The van der Waals surface area contributed by atoms with Gasteiger partial charge in [-0.25, -0.2) is 0 Å². The predicted octanol–water partition coefficient (Wildman–Crippen LogP) is 4.09. The molecule has 0 amide bonds. The van der Waals surface area contributed by atoms with Crippen LogP contribution < -0.4 is 0 Å². The normalized spacial score (nSPS) is 36.4. The van der Waals surface area contributed by atoms with E-state index in [1.807, 2.05) is 0 Å². The highest BCUT2D eigenvalue weighted by atomic mass is 14.5. The van der Waals surface area contributed by atoms with Gasteiger partial charge in [-0.2, -0.15) is 0 Å². The molecule has 2 aliphatic carbocycles. The Balaban J connectivity index is 2.31. The van der Waals surface area contributed by atoms with E-state index in [9.17, 15) is 0 Å². The largest absolute Gasteiger partial charge is 0.0747 e. The summed E-state index contributed by atoms with van der Waals surface area (Å²) in [6, 6.07) is 0. The molecule has 0 unspecified atom stereocenters. The minimum Gasteiger partial charge on any atom is -0.0747 e. The van der Waals surface area contributed by atoms with E-state index in [0.29, 0.717) is 5.41 Å². The van der Waals surface area contributed by atoms with Crippen molar-refractivity contribution in [3.63, 3.8) is 0 Å². The Kier molecular flexibility index (Phi) is 2.09. The van der Waals surface area contributed by atoms with E-state index < -0.39 is 0 Å². The summed E-state index contributed by atoms with van der Waals surface area (Å²) in [6.07, 6.45) is 10.3. The maximum absolute atomic E-state index is 2.55. The molecule has 0 saturated carbocycles. The predicted molar refractivity (Wildman–Crippen MR) is 57.6 cm³/mol. The van der Waals surface area contributed by atoms with Crippen molar-refractivity contribution < 1.29 is 0 Å². The van der Waals surface area contributed by atoms with Crippen LogP contribution in [0.1, 0.15) is 46.5 Å². The summed E-state index contributed by atoms with van der Waals surface area (Å²) in [5, 5.41) is 0. The summed E-state index contributed by atoms with van der Waals surface area (Å²) >= 11 is 0. The van der Waals surface area contributed by atoms with Gasteiger partial charge in [0, 0.05) is 11.3 Å². The molecule has 0 atom stereocenters. The van der Waals surface area contributed by atoms with Crippen LogP contribution in [0, 0.1) is 11.3 Å². The quantitative estimate of drug-likeness (QED) is 0.568. The molecular weight excluding hydrogens is 156 g/mol. The van der Waals surface area contributed by atoms with E-state index in [2.05, 4.69) is 32.9 Å². The molecule has 0 aromatic heterocycles. The van der Waals surface area contributed by atoms with Crippen molar-refractivity contribution in [3.05, 3.63) is 23.3 Å². The smallest absolute Gasteiger partial charge is 0.00728 e. The van der Waals surface area contributed by atoms with Crippen molar-refractivity contribution in [2.75, 3.05) is 0 Å². The molecule has 0 N–H and O–H groups in total. The first-order chi connectivity index (χ1) is 6.24. The molecule has 0 heteroatoms. The van der Waals surface area contributed by atoms with Gasteiger partial charge in [-0.15, -0.1) is 0 Å². The third-order valence-corrected chi connectivity index (χ3v) is 3.90. The Hall–Kier alpha value is -0.520. The van der Waals surface area contributed by atoms with Gasteiger partial charge in [0.05, 0.1) is 0 Å². The first kappa shape index (κ1) is 9.05. The molecule has 2 bridgehead atoms. The SMILES string of the molecule is CCC1=CC2(CC)C=C(CC)C1C2. The molecule has 0 radical (unpaired) electrons. The van der Waals surface area contributed by atoms with Crippen LogP contribution in [-0.2, 0) is 0 Å². The molecule has 2 aliphatic rings. The molecular formula is C13H20. The van der Waals surface area contributed by atoms with Crippen molar-refractivity contribution >= 4 is 0 Å². The summed E-state index contributed by atoms with van der Waals surface area (Å²) in [5.74, 6) is 0.829. The molecule has 0 fully saturated rings. The number of hydrogen-bond acceptors (Lipinski definition) is 0. The Morgan fingerprint density at radius 3 is 2.00 bits per heavy atom. The van der Waals surface area contributed by atoms with Crippen molar-refractivity contribution in [2.24, 2.45) is 11.3 Å². The summed E-state index contributed by atoms with van der Waals surface area (Å²) in [7, 11) is 0. The lowest BCUT2D eigenvalue weighted by Crippen LogP contribution is -2.06. The third kappa shape index (κ3) is 1.19. The average Bonchev–Trinajstić information content (AvgIpc) is 2.72. The summed E-state index contributed by atoms with van der Waals surface area (Å²) in [4.78, 5) is 0. The Labute approximate surface area is 81.7 Å². The lowest BCUT2D eigenvalue weighted by Gasteiger charge is -2.19. The van der Waals surface area contributed by atoms with Crippen LogP contribution >= 0.6 is 0 Å². The first-order valence-corrected chi connectivity index (χ1v) is 5.68. The second-order valence-corrected chi connectivity index (χ2v) is 4.49. The molecule has 0 saturated heterocycles. The Morgan fingerprint density at radius 1 is 1.15 bits per heavy atom. The highest BCUT2D eigenvalue weighted by Crippen LogP contribution is 2.54. The number of rotatable bonds is 3. The maximum Gasteiger partial charge on any atom is 0.00728 e. The number of fused-ring (bicyclic) bond motifs is 2. The standard InChI is InChI=1S/C13H20/c1-4-10-7-13(6-3)8-11(5-2)12(10)9-13/h7-8,12H,4-6,9H2,1-3H3. The number of allylic oxidation sites excluding steroid dienone is 4. The van der Waals surface area contributed by atoms with Crippen LogP contribution in [-0.4, -0.2) is 0 Å². The van der Waals surface area contributed by atoms with Crippen molar-refractivity contribution in [1.29, 1.82) is 0 Å². The fraction of sp³-hybridized carbons (Fsp3) is 0.692. The van der Waals surface area contributed by atoms with Gasteiger partial charge in [-0.3, -0.25) is 0 Å². The fourth-order valence-electron chi connectivity index (χ4n) is 3.02. The van der Waals surface area contributed by atoms with E-state index in [1.165, 1.54) is 25.7 Å². The topological polar surface area (TPSA) is 0 Å². The Bertz CT molecular complexity index is 246. The van der Waals surface area contributed by atoms with E-state index in [1.54, 1.807) is 11.1 Å². The zero-order chi connectivity index (χ0) is 9.47. The molecule has 0 spiro atoms. The molecule has 0 aliphatic heterocycles. The molecule has 0 aromatic rings. The highest BCUT2D eigenvalue weighted by Gasteiger charge is 2.42.